The van der Waals surface area contributed by atoms with Gasteiger partial charge in [0, 0.05) is 4.88 Å². The van der Waals surface area contributed by atoms with Gasteiger partial charge in [-0.2, -0.15) is 0 Å². The first-order valence-electron chi connectivity index (χ1n) is 3.87. The molecule has 0 unspecified atom stereocenters. The number of carbonyl (C=O) groups is 3. The van der Waals surface area contributed by atoms with Crippen LogP contribution in [0.1, 0.15) is 4.88 Å². The molecule has 0 atom stereocenters. The van der Waals surface area contributed by atoms with Crippen molar-refractivity contribution in [2.24, 2.45) is 0 Å². The van der Waals surface area contributed by atoms with Crippen LogP contribution in [0.25, 0.3) is 0 Å². The van der Waals surface area contributed by atoms with Crippen molar-refractivity contribution in [3.8, 4) is 0 Å². The monoisotopic (exact) mass is 210 g/mol. The van der Waals surface area contributed by atoms with Crippen LogP contribution in [0.5, 0.6) is 0 Å². The number of urea groups is 1. The normalized spacial score (nSPS) is 16.3. The van der Waals surface area contributed by atoms with Crippen molar-refractivity contribution < 1.29 is 14.4 Å². The molecule has 1 aliphatic rings. The standard InChI is InChI=1S/C8H6N2O3S/c11-6-7(12)10(8(13)9-6)4-5-2-1-3-14-5/h1-3H,4H2,(H,9,11,13). The van der Waals surface area contributed by atoms with Crippen LogP contribution in [0.2, 0.25) is 0 Å². The molecule has 1 saturated heterocycles. The summed E-state index contributed by atoms with van der Waals surface area (Å²) in [6, 6.07) is 2.97. The third-order valence-corrected chi connectivity index (χ3v) is 2.66. The first kappa shape index (κ1) is 8.89. The number of amides is 4. The van der Waals surface area contributed by atoms with E-state index in [0.29, 0.717) is 0 Å². The summed E-state index contributed by atoms with van der Waals surface area (Å²) in [4.78, 5) is 34.8. The molecule has 0 aliphatic carbocycles. The molecule has 1 aliphatic heterocycles. The second-order valence-corrected chi connectivity index (χ2v) is 3.76. The smallest absolute Gasteiger partial charge is 0.269 e. The van der Waals surface area contributed by atoms with E-state index < -0.39 is 17.8 Å². The fraction of sp³-hybridized carbons (Fsp3) is 0.125. The minimum Gasteiger partial charge on any atom is -0.269 e. The quantitative estimate of drug-likeness (QED) is 0.565. The predicted octanol–water partition coefficient (Wildman–Crippen LogP) is 0.327. The average Bonchev–Trinajstić information content (AvgIpc) is 2.71. The molecular formula is C8H6N2O3S. The Hall–Kier alpha value is -1.69. The zero-order valence-corrected chi connectivity index (χ0v) is 7.84. The van der Waals surface area contributed by atoms with E-state index in [2.05, 4.69) is 0 Å². The Labute approximate surface area is 83.3 Å². The Bertz CT molecular complexity index is 399. The number of nitrogens with one attached hydrogen (secondary N) is 1. The number of thiophene rings is 1. The van der Waals surface area contributed by atoms with Gasteiger partial charge in [-0.25, -0.2) is 4.79 Å². The van der Waals surface area contributed by atoms with Gasteiger partial charge in [-0.15, -0.1) is 11.3 Å². The van der Waals surface area contributed by atoms with Crippen LogP contribution in [-0.2, 0) is 16.1 Å². The zero-order valence-electron chi connectivity index (χ0n) is 7.02. The van der Waals surface area contributed by atoms with Gasteiger partial charge in [0.15, 0.2) is 0 Å². The molecule has 0 bridgehead atoms. The van der Waals surface area contributed by atoms with Crippen LogP contribution < -0.4 is 5.32 Å². The summed E-state index contributed by atoms with van der Waals surface area (Å²) in [5.41, 5.74) is 0. The second-order valence-electron chi connectivity index (χ2n) is 2.73. The molecule has 72 valence electrons. The van der Waals surface area contributed by atoms with Crippen molar-refractivity contribution in [1.82, 2.24) is 10.2 Å². The summed E-state index contributed by atoms with van der Waals surface area (Å²) in [7, 11) is 0. The van der Waals surface area contributed by atoms with Gasteiger partial charge in [0.05, 0.1) is 6.54 Å². The lowest BCUT2D eigenvalue weighted by atomic mass is 10.4. The molecule has 2 rings (SSSR count). The maximum absolute atomic E-state index is 11.1. The van der Waals surface area contributed by atoms with Crippen LogP contribution in [0.3, 0.4) is 0 Å². The summed E-state index contributed by atoms with van der Waals surface area (Å²) >= 11 is 1.43. The Morgan fingerprint density at radius 2 is 2.14 bits per heavy atom. The molecule has 5 nitrogen and oxygen atoms in total. The van der Waals surface area contributed by atoms with Crippen molar-refractivity contribution in [2.75, 3.05) is 0 Å². The summed E-state index contributed by atoms with van der Waals surface area (Å²) in [5, 5.41) is 3.78. The predicted molar refractivity (Wildman–Crippen MR) is 48.4 cm³/mol. The second kappa shape index (κ2) is 3.22. The third kappa shape index (κ3) is 1.39. The molecule has 6 heteroatoms. The number of nitrogens with zero attached hydrogens (tertiary/aromatic N) is 1. The lowest BCUT2D eigenvalue weighted by molar-refractivity contribution is -0.140. The van der Waals surface area contributed by atoms with Crippen LogP contribution in [0, 0.1) is 0 Å². The molecule has 2 heterocycles. The molecule has 1 aromatic heterocycles. The summed E-state index contributed by atoms with van der Waals surface area (Å²) in [6.07, 6.45) is 0. The number of hydrogen-bond donors (Lipinski definition) is 1. The number of hydrogen-bond acceptors (Lipinski definition) is 4. The van der Waals surface area contributed by atoms with E-state index >= 15 is 0 Å². The molecule has 1 fully saturated rings. The summed E-state index contributed by atoms with van der Waals surface area (Å²) in [6.45, 7) is 0.161. The Morgan fingerprint density at radius 3 is 2.64 bits per heavy atom. The molecule has 0 spiro atoms. The van der Waals surface area contributed by atoms with E-state index in [1.165, 1.54) is 11.3 Å². The van der Waals surface area contributed by atoms with Gasteiger partial charge in [0.25, 0.3) is 0 Å². The molecule has 0 saturated carbocycles. The van der Waals surface area contributed by atoms with Gasteiger partial charge in [0.1, 0.15) is 0 Å². The first-order chi connectivity index (χ1) is 6.68. The number of carbonyl (C=O) groups excluding carboxylic acids is 3. The van der Waals surface area contributed by atoms with Crippen LogP contribution in [0.15, 0.2) is 17.5 Å². The lowest BCUT2D eigenvalue weighted by Gasteiger charge is -2.08. The fourth-order valence-electron chi connectivity index (χ4n) is 1.13. The maximum atomic E-state index is 11.1. The highest BCUT2D eigenvalue weighted by Gasteiger charge is 2.36. The van der Waals surface area contributed by atoms with Gasteiger partial charge in [0.2, 0.25) is 0 Å². The fourth-order valence-corrected chi connectivity index (χ4v) is 1.83. The minimum absolute atomic E-state index is 0.161. The number of rotatable bonds is 2. The van der Waals surface area contributed by atoms with Crippen molar-refractivity contribution in [3.05, 3.63) is 22.4 Å². The largest absolute Gasteiger partial charge is 0.331 e. The van der Waals surface area contributed by atoms with Gasteiger partial charge in [-0.1, -0.05) is 6.07 Å². The van der Waals surface area contributed by atoms with Crippen molar-refractivity contribution in [2.45, 2.75) is 6.54 Å². The highest BCUT2D eigenvalue weighted by Crippen LogP contribution is 2.13. The van der Waals surface area contributed by atoms with Crippen molar-refractivity contribution >= 4 is 29.2 Å². The van der Waals surface area contributed by atoms with E-state index in [0.717, 1.165) is 9.78 Å². The van der Waals surface area contributed by atoms with Gasteiger partial charge in [-0.3, -0.25) is 19.8 Å². The number of imide groups is 2. The van der Waals surface area contributed by atoms with Gasteiger partial charge >= 0.3 is 17.8 Å². The molecule has 4 amide bonds. The van der Waals surface area contributed by atoms with E-state index in [9.17, 15) is 14.4 Å². The van der Waals surface area contributed by atoms with Crippen LogP contribution >= 0.6 is 11.3 Å². The summed E-state index contributed by atoms with van der Waals surface area (Å²) < 4.78 is 0. The van der Waals surface area contributed by atoms with E-state index in [-0.39, 0.29) is 6.54 Å². The van der Waals surface area contributed by atoms with E-state index in [1.54, 1.807) is 6.07 Å². The Kier molecular flexibility index (Phi) is 2.05. The SMILES string of the molecule is O=C1NC(=O)N(Cc2cccs2)C1=O. The van der Waals surface area contributed by atoms with Crippen molar-refractivity contribution in [3.63, 3.8) is 0 Å². The molecule has 0 aromatic carbocycles. The van der Waals surface area contributed by atoms with Crippen LogP contribution in [0.4, 0.5) is 4.79 Å². The molecule has 1 aromatic rings. The zero-order chi connectivity index (χ0) is 10.1. The minimum atomic E-state index is -0.855. The molecular weight excluding hydrogens is 204 g/mol. The van der Waals surface area contributed by atoms with E-state index in [1.807, 2.05) is 16.8 Å². The molecule has 14 heavy (non-hydrogen) atoms. The van der Waals surface area contributed by atoms with Crippen molar-refractivity contribution in [1.29, 1.82) is 0 Å². The van der Waals surface area contributed by atoms with E-state index in [4.69, 9.17) is 0 Å². The Morgan fingerprint density at radius 1 is 1.36 bits per heavy atom. The highest BCUT2D eigenvalue weighted by molar-refractivity contribution is 7.09. The Balaban J connectivity index is 2.16. The molecule has 0 radical (unpaired) electrons. The van der Waals surface area contributed by atoms with Gasteiger partial charge < -0.3 is 0 Å². The maximum Gasteiger partial charge on any atom is 0.331 e. The average molecular weight is 210 g/mol. The highest BCUT2D eigenvalue weighted by atomic mass is 32.1. The third-order valence-electron chi connectivity index (χ3n) is 1.80. The topological polar surface area (TPSA) is 66.5 Å². The van der Waals surface area contributed by atoms with Gasteiger partial charge in [-0.05, 0) is 11.4 Å². The summed E-state index contributed by atoms with van der Waals surface area (Å²) in [5.74, 6) is -1.64. The first-order valence-corrected chi connectivity index (χ1v) is 4.75. The lowest BCUT2D eigenvalue weighted by Crippen LogP contribution is -2.29. The molecule has 1 N–H and O–H groups in total. The van der Waals surface area contributed by atoms with Crippen LogP contribution in [-0.4, -0.2) is 22.7 Å².